The van der Waals surface area contributed by atoms with Crippen molar-refractivity contribution in [2.24, 2.45) is 5.92 Å². The number of hydrogen-bond donors (Lipinski definition) is 1. The second kappa shape index (κ2) is 7.49. The molecule has 2 fully saturated rings. The van der Waals surface area contributed by atoms with E-state index in [1.807, 2.05) is 0 Å². The molecule has 126 valence electrons. The van der Waals surface area contributed by atoms with Crippen molar-refractivity contribution in [2.45, 2.75) is 43.7 Å². The topological polar surface area (TPSA) is 49.8 Å². The summed E-state index contributed by atoms with van der Waals surface area (Å²) in [7, 11) is 1.49. The van der Waals surface area contributed by atoms with E-state index in [1.54, 1.807) is 0 Å². The van der Waals surface area contributed by atoms with E-state index in [-0.39, 0.29) is 30.5 Å². The van der Waals surface area contributed by atoms with Crippen molar-refractivity contribution in [3.63, 3.8) is 0 Å². The van der Waals surface area contributed by atoms with Crippen molar-refractivity contribution >= 4 is 28.6 Å². The predicted molar refractivity (Wildman–Crippen MR) is 97.2 cm³/mol. The summed E-state index contributed by atoms with van der Waals surface area (Å²) in [5.74, 6) is 0.0488. The van der Waals surface area contributed by atoms with E-state index in [4.69, 9.17) is 9.84 Å². The highest BCUT2D eigenvalue weighted by molar-refractivity contribution is 14.1. The number of piperidine rings is 1. The maximum Gasteiger partial charge on any atom is 0.310 e. The Morgan fingerprint density at radius 1 is 1.35 bits per heavy atom. The number of rotatable bonds is 5. The Bertz CT molecular complexity index is 548. The highest BCUT2D eigenvalue weighted by Crippen LogP contribution is 2.47. The molecule has 2 bridgehead atoms. The molecular formula is C18H24INO3. The van der Waals surface area contributed by atoms with E-state index < -0.39 is 0 Å². The zero-order valence-electron chi connectivity index (χ0n) is 13.5. The lowest BCUT2D eigenvalue weighted by Gasteiger charge is -2.43. The maximum absolute atomic E-state index is 12.5. The number of ether oxygens (including phenoxy) is 1. The highest BCUT2D eigenvalue weighted by atomic mass is 127. The zero-order valence-corrected chi connectivity index (χ0v) is 15.6. The van der Waals surface area contributed by atoms with Crippen molar-refractivity contribution in [3.8, 4) is 0 Å². The van der Waals surface area contributed by atoms with E-state index in [2.05, 4.69) is 51.8 Å². The van der Waals surface area contributed by atoms with Gasteiger partial charge in [-0.05, 0) is 66.0 Å². The van der Waals surface area contributed by atoms with Crippen LogP contribution in [0.2, 0.25) is 0 Å². The molecule has 23 heavy (non-hydrogen) atoms. The molecule has 0 unspecified atom stereocenters. The van der Waals surface area contributed by atoms with E-state index in [0.29, 0.717) is 6.04 Å². The Labute approximate surface area is 151 Å². The summed E-state index contributed by atoms with van der Waals surface area (Å²) in [5, 5.41) is 9.15. The third-order valence-electron chi connectivity index (χ3n) is 5.41. The third-order valence-corrected chi connectivity index (χ3v) is 6.13. The highest BCUT2D eigenvalue weighted by Gasteiger charge is 2.50. The van der Waals surface area contributed by atoms with Crippen LogP contribution in [0.25, 0.3) is 0 Å². The first kappa shape index (κ1) is 17.2. The van der Waals surface area contributed by atoms with Gasteiger partial charge in [0.05, 0.1) is 13.0 Å². The van der Waals surface area contributed by atoms with E-state index in [9.17, 15) is 4.79 Å². The van der Waals surface area contributed by atoms with Gasteiger partial charge in [-0.2, -0.15) is 0 Å². The number of carbonyl (C=O) groups is 1. The molecule has 0 aliphatic carbocycles. The Kier molecular flexibility index (Phi) is 5.59. The predicted octanol–water partition coefficient (Wildman–Crippen LogP) is 2.78. The Balaban J connectivity index is 1.88. The Morgan fingerprint density at radius 2 is 2.09 bits per heavy atom. The van der Waals surface area contributed by atoms with Gasteiger partial charge in [0.2, 0.25) is 0 Å². The quantitative estimate of drug-likeness (QED) is 0.578. The van der Waals surface area contributed by atoms with E-state index in [1.165, 1.54) is 16.2 Å². The number of benzene rings is 1. The van der Waals surface area contributed by atoms with Crippen molar-refractivity contribution in [1.82, 2.24) is 4.90 Å². The molecule has 0 amide bonds. The zero-order chi connectivity index (χ0) is 16.4. The number of aliphatic hydroxyl groups is 1. The molecule has 2 saturated heterocycles. The van der Waals surface area contributed by atoms with Gasteiger partial charge in [-0.1, -0.05) is 12.1 Å². The molecule has 0 saturated carbocycles. The summed E-state index contributed by atoms with van der Waals surface area (Å²) in [5.41, 5.74) is 1.25. The second-order valence-electron chi connectivity index (χ2n) is 6.56. The molecule has 1 N–H and O–H groups in total. The number of carbonyl (C=O) groups excluding carboxylic acids is 1. The summed E-state index contributed by atoms with van der Waals surface area (Å²) >= 11 is 2.31. The minimum Gasteiger partial charge on any atom is -0.469 e. The molecule has 5 heteroatoms. The SMILES string of the molecule is COC(=O)[C@H]1[C@@H](c2ccc(I)cc2)C[C@@H]2CC[C@H]1N2CCCO. The van der Waals surface area contributed by atoms with Crippen LogP contribution in [0.4, 0.5) is 0 Å². The van der Waals surface area contributed by atoms with Crippen molar-refractivity contribution in [3.05, 3.63) is 33.4 Å². The van der Waals surface area contributed by atoms with Crippen LogP contribution in [0.5, 0.6) is 0 Å². The summed E-state index contributed by atoms with van der Waals surface area (Å²) in [6.45, 7) is 1.08. The van der Waals surface area contributed by atoms with Crippen LogP contribution in [0.1, 0.15) is 37.2 Å². The standard InChI is InChI=1S/C18H24INO3/c1-23-18(22)17-15(12-3-5-13(19)6-4-12)11-14-7-8-16(17)20(14)9-2-10-21/h3-6,14-17,21H,2,7-11H2,1H3/t14-,15+,16+,17-/m0/s1. The Morgan fingerprint density at radius 3 is 2.74 bits per heavy atom. The fourth-order valence-corrected chi connectivity index (χ4v) is 4.78. The van der Waals surface area contributed by atoms with Crippen LogP contribution >= 0.6 is 22.6 Å². The van der Waals surface area contributed by atoms with Gasteiger partial charge in [0.25, 0.3) is 0 Å². The van der Waals surface area contributed by atoms with Crippen LogP contribution in [-0.4, -0.2) is 48.3 Å². The van der Waals surface area contributed by atoms with Crippen molar-refractivity contribution in [1.29, 1.82) is 0 Å². The fraction of sp³-hybridized carbons (Fsp3) is 0.611. The molecule has 1 aromatic rings. The third kappa shape index (κ3) is 3.42. The average molecular weight is 429 g/mol. The molecule has 2 aliphatic heterocycles. The van der Waals surface area contributed by atoms with Gasteiger partial charge in [0.1, 0.15) is 0 Å². The Hall–Kier alpha value is -0.660. The number of fused-ring (bicyclic) bond motifs is 2. The van der Waals surface area contributed by atoms with Gasteiger partial charge in [-0.15, -0.1) is 0 Å². The van der Waals surface area contributed by atoms with E-state index >= 15 is 0 Å². The molecule has 4 atom stereocenters. The lowest BCUT2D eigenvalue weighted by Crippen LogP contribution is -2.51. The van der Waals surface area contributed by atoms with Crippen LogP contribution in [-0.2, 0) is 9.53 Å². The summed E-state index contributed by atoms with van der Waals surface area (Å²) in [6, 6.07) is 9.32. The van der Waals surface area contributed by atoms with Crippen LogP contribution in [0.15, 0.2) is 24.3 Å². The van der Waals surface area contributed by atoms with Gasteiger partial charge in [0, 0.05) is 34.7 Å². The number of methoxy groups -OCH3 is 1. The average Bonchev–Trinajstić information content (AvgIpc) is 2.84. The van der Waals surface area contributed by atoms with Crippen LogP contribution < -0.4 is 0 Å². The summed E-state index contributed by atoms with van der Waals surface area (Å²) in [6.07, 6.45) is 3.97. The number of nitrogens with zero attached hydrogens (tertiary/aromatic N) is 1. The normalized spacial score (nSPS) is 30.4. The smallest absolute Gasteiger partial charge is 0.310 e. The second-order valence-corrected chi connectivity index (χ2v) is 7.80. The van der Waals surface area contributed by atoms with Crippen molar-refractivity contribution < 1.29 is 14.6 Å². The molecular weight excluding hydrogens is 405 g/mol. The first-order chi connectivity index (χ1) is 11.2. The largest absolute Gasteiger partial charge is 0.469 e. The minimum absolute atomic E-state index is 0.0899. The molecule has 0 aromatic heterocycles. The molecule has 0 spiro atoms. The van der Waals surface area contributed by atoms with Gasteiger partial charge in [0.15, 0.2) is 0 Å². The molecule has 0 radical (unpaired) electrons. The lowest BCUT2D eigenvalue weighted by molar-refractivity contribution is -0.150. The molecule has 3 rings (SSSR count). The minimum atomic E-state index is -0.0995. The molecule has 1 aromatic carbocycles. The summed E-state index contributed by atoms with van der Waals surface area (Å²) < 4.78 is 6.36. The van der Waals surface area contributed by atoms with Crippen LogP contribution in [0.3, 0.4) is 0 Å². The van der Waals surface area contributed by atoms with Gasteiger partial charge < -0.3 is 9.84 Å². The first-order valence-corrected chi connectivity index (χ1v) is 9.43. The van der Waals surface area contributed by atoms with Gasteiger partial charge in [-0.25, -0.2) is 0 Å². The van der Waals surface area contributed by atoms with Gasteiger partial charge >= 0.3 is 5.97 Å². The molecule has 2 aliphatic rings. The van der Waals surface area contributed by atoms with Crippen LogP contribution in [0, 0.1) is 9.49 Å². The van der Waals surface area contributed by atoms with Gasteiger partial charge in [-0.3, -0.25) is 9.69 Å². The first-order valence-electron chi connectivity index (χ1n) is 8.35. The number of esters is 1. The van der Waals surface area contributed by atoms with E-state index in [0.717, 1.165) is 32.2 Å². The lowest BCUT2D eigenvalue weighted by atomic mass is 9.76. The summed E-state index contributed by atoms with van der Waals surface area (Å²) in [4.78, 5) is 15.0. The number of aliphatic hydroxyl groups excluding tert-OH is 1. The van der Waals surface area contributed by atoms with Crippen molar-refractivity contribution in [2.75, 3.05) is 20.3 Å². The molecule has 4 nitrogen and oxygen atoms in total. The fourth-order valence-electron chi connectivity index (χ4n) is 4.43. The molecule has 2 heterocycles. The maximum atomic E-state index is 12.5. The number of halogens is 1. The monoisotopic (exact) mass is 429 g/mol. The number of hydrogen-bond acceptors (Lipinski definition) is 4.